The number of hydrogen-bond acceptors (Lipinski definition) is 5. The van der Waals surface area contributed by atoms with Crippen molar-refractivity contribution in [3.63, 3.8) is 0 Å². The number of rotatable bonds is 0. The number of carbonyl (C=O) groups excluding carboxylic acids is 1. The fourth-order valence-corrected chi connectivity index (χ4v) is 3.05. The second-order valence-electron chi connectivity index (χ2n) is 5.58. The van der Waals surface area contributed by atoms with Gasteiger partial charge in [0.1, 0.15) is 18.3 Å². The summed E-state index contributed by atoms with van der Waals surface area (Å²) in [6.45, 7) is 3.83. The Bertz CT molecular complexity index is 371. The van der Waals surface area contributed by atoms with E-state index < -0.39 is 29.5 Å². The molecule has 3 aliphatic heterocycles. The van der Waals surface area contributed by atoms with Gasteiger partial charge in [0.25, 0.3) is 5.91 Å². The molecule has 1 spiro atoms. The number of ether oxygens (including phenoxy) is 1. The monoisotopic (exact) mass is 243 g/mol. The third-order valence-electron chi connectivity index (χ3n) is 4.12. The minimum absolute atomic E-state index is 0.232. The van der Waals surface area contributed by atoms with Crippen LogP contribution in [0.3, 0.4) is 0 Å². The Kier molecular flexibility index (Phi) is 2.15. The highest BCUT2D eigenvalue weighted by Gasteiger charge is 2.69. The zero-order chi connectivity index (χ0) is 12.4. The molecule has 1 amide bonds. The van der Waals surface area contributed by atoms with Crippen LogP contribution in [0.5, 0.6) is 0 Å². The van der Waals surface area contributed by atoms with Crippen molar-refractivity contribution in [3.05, 3.63) is 0 Å². The van der Waals surface area contributed by atoms with Gasteiger partial charge >= 0.3 is 0 Å². The summed E-state index contributed by atoms with van der Waals surface area (Å²) in [4.78, 5) is 17.7. The number of hydrogen-bond donors (Lipinski definition) is 2. The first-order chi connectivity index (χ1) is 7.91. The molecule has 3 rings (SSSR count). The van der Waals surface area contributed by atoms with E-state index in [1.807, 2.05) is 0 Å². The highest BCUT2D eigenvalue weighted by molar-refractivity contribution is 5.84. The first-order valence-electron chi connectivity index (χ1n) is 5.93. The number of amides is 1. The van der Waals surface area contributed by atoms with Gasteiger partial charge in [-0.25, -0.2) is 0 Å². The molecule has 0 aromatic rings. The lowest BCUT2D eigenvalue weighted by Crippen LogP contribution is -2.66. The second-order valence-corrected chi connectivity index (χ2v) is 5.58. The highest BCUT2D eigenvalue weighted by atomic mass is 16.7. The summed E-state index contributed by atoms with van der Waals surface area (Å²) in [7, 11) is 0. The Balaban J connectivity index is 2.10. The van der Waals surface area contributed by atoms with Gasteiger partial charge in [-0.05, 0) is 20.3 Å². The maximum atomic E-state index is 12.3. The van der Waals surface area contributed by atoms with E-state index >= 15 is 0 Å². The molecule has 6 heteroatoms. The van der Waals surface area contributed by atoms with Crippen LogP contribution in [0.1, 0.15) is 26.7 Å². The molecule has 4 atom stereocenters. The fourth-order valence-electron chi connectivity index (χ4n) is 3.05. The number of hydroxylamine groups is 2. The Hall–Kier alpha value is -0.690. The van der Waals surface area contributed by atoms with Crippen LogP contribution in [0.15, 0.2) is 0 Å². The van der Waals surface area contributed by atoms with Gasteiger partial charge < -0.3 is 14.9 Å². The highest BCUT2D eigenvalue weighted by Crippen LogP contribution is 2.51. The van der Waals surface area contributed by atoms with Crippen LogP contribution in [0.2, 0.25) is 0 Å². The molecule has 2 bridgehead atoms. The number of fused-ring (bicyclic) bond motifs is 1. The Morgan fingerprint density at radius 3 is 2.82 bits per heavy atom. The molecule has 0 unspecified atom stereocenters. The molecule has 0 aromatic carbocycles. The van der Waals surface area contributed by atoms with Crippen molar-refractivity contribution >= 4 is 5.91 Å². The molecule has 17 heavy (non-hydrogen) atoms. The molecular weight excluding hydrogens is 226 g/mol. The van der Waals surface area contributed by atoms with Crippen molar-refractivity contribution < 1.29 is 24.6 Å². The van der Waals surface area contributed by atoms with Gasteiger partial charge in [-0.15, -0.1) is 0 Å². The molecule has 3 saturated heterocycles. The molecule has 6 nitrogen and oxygen atoms in total. The Morgan fingerprint density at radius 2 is 2.12 bits per heavy atom. The number of carbonyl (C=O) groups is 1. The summed E-state index contributed by atoms with van der Waals surface area (Å²) < 4.78 is 5.78. The first kappa shape index (κ1) is 11.4. The maximum Gasteiger partial charge on any atom is 0.257 e. The summed E-state index contributed by atoms with van der Waals surface area (Å²) >= 11 is 0. The lowest BCUT2D eigenvalue weighted by Gasteiger charge is -2.50. The van der Waals surface area contributed by atoms with Crippen LogP contribution in [0, 0.1) is 5.41 Å². The van der Waals surface area contributed by atoms with Crippen LogP contribution < -0.4 is 0 Å². The van der Waals surface area contributed by atoms with E-state index in [4.69, 9.17) is 9.57 Å². The average Bonchev–Trinajstić information content (AvgIpc) is 2.53. The molecule has 3 aliphatic rings. The van der Waals surface area contributed by atoms with E-state index in [2.05, 4.69) is 0 Å². The van der Waals surface area contributed by atoms with Gasteiger partial charge in [-0.1, -0.05) is 0 Å². The maximum absolute atomic E-state index is 12.3. The Labute approximate surface area is 99.1 Å². The average molecular weight is 243 g/mol. The minimum atomic E-state index is -1.19. The van der Waals surface area contributed by atoms with Crippen molar-refractivity contribution in [1.82, 2.24) is 5.06 Å². The molecular formula is C11H17NO5. The van der Waals surface area contributed by atoms with Crippen molar-refractivity contribution in [2.45, 2.75) is 50.7 Å². The minimum Gasteiger partial charge on any atom is -0.387 e. The lowest BCUT2D eigenvalue weighted by atomic mass is 9.83. The third kappa shape index (κ3) is 1.16. The van der Waals surface area contributed by atoms with Crippen LogP contribution in [0.4, 0.5) is 0 Å². The van der Waals surface area contributed by atoms with Gasteiger partial charge in [0.15, 0.2) is 5.72 Å². The third-order valence-corrected chi connectivity index (χ3v) is 4.12. The van der Waals surface area contributed by atoms with Crippen molar-refractivity contribution in [2.24, 2.45) is 5.41 Å². The van der Waals surface area contributed by atoms with Crippen molar-refractivity contribution in [2.75, 3.05) is 6.61 Å². The zero-order valence-electron chi connectivity index (χ0n) is 9.92. The molecule has 3 heterocycles. The van der Waals surface area contributed by atoms with Gasteiger partial charge in [0, 0.05) is 6.42 Å². The van der Waals surface area contributed by atoms with Crippen LogP contribution in [0.25, 0.3) is 0 Å². The van der Waals surface area contributed by atoms with Crippen molar-refractivity contribution in [1.29, 1.82) is 0 Å². The summed E-state index contributed by atoms with van der Waals surface area (Å²) in [5, 5.41) is 21.3. The standard InChI is InChI=1S/C11H17NO5/c1-10(2)8-6(13)7(14)11(17-8)4-3-5-16-12(11)9(10)15/h6-8,13-14H,3-5H2,1-2H3/t6-,7+,8-,11+/m1/s1. The SMILES string of the molecule is CC1(C)C(=O)N2OCCC[C@@]23O[C@@H]1[C@H](O)[C@@H]3O. The van der Waals surface area contributed by atoms with E-state index in [1.165, 1.54) is 0 Å². The Morgan fingerprint density at radius 1 is 1.41 bits per heavy atom. The van der Waals surface area contributed by atoms with E-state index in [-0.39, 0.29) is 5.91 Å². The van der Waals surface area contributed by atoms with Gasteiger partial charge in [-0.2, -0.15) is 5.06 Å². The predicted molar refractivity (Wildman–Crippen MR) is 55.4 cm³/mol. The molecule has 2 N–H and O–H groups in total. The molecule has 0 aliphatic carbocycles. The summed E-state index contributed by atoms with van der Waals surface area (Å²) in [5.41, 5.74) is -2.08. The molecule has 96 valence electrons. The van der Waals surface area contributed by atoms with E-state index in [1.54, 1.807) is 13.8 Å². The van der Waals surface area contributed by atoms with Gasteiger partial charge in [0.2, 0.25) is 0 Å². The largest absolute Gasteiger partial charge is 0.387 e. The predicted octanol–water partition coefficient (Wildman–Crippen LogP) is -0.603. The van der Waals surface area contributed by atoms with Gasteiger partial charge in [-0.3, -0.25) is 9.63 Å². The normalized spacial score (nSPS) is 48.1. The number of aliphatic hydroxyl groups is 2. The van der Waals surface area contributed by atoms with Crippen LogP contribution in [-0.4, -0.2) is 51.8 Å². The quantitative estimate of drug-likeness (QED) is 0.594. The van der Waals surface area contributed by atoms with E-state index in [0.29, 0.717) is 19.4 Å². The molecule has 0 saturated carbocycles. The summed E-state index contributed by atoms with van der Waals surface area (Å²) in [6.07, 6.45) is -1.66. The van der Waals surface area contributed by atoms with Crippen LogP contribution in [-0.2, 0) is 14.4 Å². The van der Waals surface area contributed by atoms with Gasteiger partial charge in [0.05, 0.1) is 12.0 Å². The fraction of sp³-hybridized carbons (Fsp3) is 0.909. The van der Waals surface area contributed by atoms with Crippen molar-refractivity contribution in [3.8, 4) is 0 Å². The second kappa shape index (κ2) is 3.20. The lowest BCUT2D eigenvalue weighted by molar-refractivity contribution is -0.351. The molecule has 3 fully saturated rings. The zero-order valence-corrected chi connectivity index (χ0v) is 9.92. The summed E-state index contributed by atoms with van der Waals surface area (Å²) in [6, 6.07) is 0. The number of nitrogens with zero attached hydrogens (tertiary/aromatic N) is 1. The van der Waals surface area contributed by atoms with E-state index in [9.17, 15) is 15.0 Å². The molecule has 0 radical (unpaired) electrons. The first-order valence-corrected chi connectivity index (χ1v) is 5.93. The van der Waals surface area contributed by atoms with E-state index in [0.717, 1.165) is 5.06 Å². The topological polar surface area (TPSA) is 79.2 Å². The smallest absolute Gasteiger partial charge is 0.257 e. The summed E-state index contributed by atoms with van der Waals surface area (Å²) in [5.74, 6) is -0.232. The van der Waals surface area contributed by atoms with Crippen LogP contribution >= 0.6 is 0 Å². The number of aliphatic hydroxyl groups excluding tert-OH is 2. The molecule has 0 aromatic heterocycles.